The van der Waals surface area contributed by atoms with Gasteiger partial charge in [-0.3, -0.25) is 0 Å². The van der Waals surface area contributed by atoms with E-state index in [1.165, 1.54) is 0 Å². The number of nitrogen functional groups attached to an aromatic ring is 1. The SMILES string of the molecule is CNc1cccc(-c2nc(N)cc(Nc3ccc(Oc4ccccc4)cc3)n2)n1. The molecule has 4 N–H and O–H groups in total. The summed E-state index contributed by atoms with van der Waals surface area (Å²) < 4.78 is 5.81. The Hall–Kier alpha value is -4.13. The molecule has 2 heterocycles. The van der Waals surface area contributed by atoms with Crippen molar-refractivity contribution in [2.75, 3.05) is 23.4 Å². The molecule has 0 saturated heterocycles. The van der Waals surface area contributed by atoms with Gasteiger partial charge in [0.2, 0.25) is 0 Å². The standard InChI is InChI=1S/C22H20N6O/c1-24-20-9-5-8-18(26-20)22-27-19(23)14-21(28-22)25-15-10-12-17(13-11-15)29-16-6-3-2-4-7-16/h2-14H,1H3,(H,24,26)(H3,23,25,27,28). The molecule has 7 heteroatoms. The number of para-hydroxylation sites is 1. The van der Waals surface area contributed by atoms with E-state index in [0.29, 0.717) is 23.2 Å². The molecule has 2 aromatic heterocycles. The van der Waals surface area contributed by atoms with E-state index in [9.17, 15) is 0 Å². The average Bonchev–Trinajstić information content (AvgIpc) is 2.75. The lowest BCUT2D eigenvalue weighted by molar-refractivity contribution is 0.483. The zero-order chi connectivity index (χ0) is 20.1. The van der Waals surface area contributed by atoms with E-state index in [1.807, 2.05) is 79.8 Å². The van der Waals surface area contributed by atoms with E-state index >= 15 is 0 Å². The van der Waals surface area contributed by atoms with Crippen LogP contribution < -0.4 is 21.1 Å². The normalized spacial score (nSPS) is 10.4. The van der Waals surface area contributed by atoms with Crippen molar-refractivity contribution in [2.24, 2.45) is 0 Å². The third-order valence-electron chi connectivity index (χ3n) is 4.09. The molecule has 4 aromatic rings. The van der Waals surface area contributed by atoms with Crippen LogP contribution in [0.15, 0.2) is 78.9 Å². The summed E-state index contributed by atoms with van der Waals surface area (Å²) in [7, 11) is 1.81. The Morgan fingerprint density at radius 2 is 1.52 bits per heavy atom. The summed E-state index contributed by atoms with van der Waals surface area (Å²) in [4.78, 5) is 13.3. The zero-order valence-electron chi connectivity index (χ0n) is 15.8. The first kappa shape index (κ1) is 18.2. The highest BCUT2D eigenvalue weighted by Crippen LogP contribution is 2.25. The molecule has 0 unspecified atom stereocenters. The largest absolute Gasteiger partial charge is 0.457 e. The molecule has 0 amide bonds. The molecule has 0 radical (unpaired) electrons. The molecule has 0 aliphatic carbocycles. The summed E-state index contributed by atoms with van der Waals surface area (Å²) in [6, 6.07) is 24.5. The first-order valence-corrected chi connectivity index (χ1v) is 9.09. The van der Waals surface area contributed by atoms with Crippen molar-refractivity contribution in [2.45, 2.75) is 0 Å². The highest BCUT2D eigenvalue weighted by atomic mass is 16.5. The fraction of sp³-hybridized carbons (Fsp3) is 0.0455. The highest BCUT2D eigenvalue weighted by Gasteiger charge is 2.08. The van der Waals surface area contributed by atoms with Crippen molar-refractivity contribution in [1.82, 2.24) is 15.0 Å². The molecule has 2 aromatic carbocycles. The number of nitrogens with two attached hydrogens (primary N) is 1. The molecule has 0 atom stereocenters. The Morgan fingerprint density at radius 1 is 0.759 bits per heavy atom. The molecular weight excluding hydrogens is 364 g/mol. The molecule has 0 fully saturated rings. The highest BCUT2D eigenvalue weighted by molar-refractivity contribution is 5.64. The number of nitrogens with one attached hydrogen (secondary N) is 2. The summed E-state index contributed by atoms with van der Waals surface area (Å²) in [5, 5.41) is 6.25. The molecule has 0 saturated carbocycles. The van der Waals surface area contributed by atoms with E-state index in [2.05, 4.69) is 25.6 Å². The summed E-state index contributed by atoms with van der Waals surface area (Å²) in [5.41, 5.74) is 7.47. The van der Waals surface area contributed by atoms with E-state index < -0.39 is 0 Å². The lowest BCUT2D eigenvalue weighted by Gasteiger charge is -2.10. The van der Waals surface area contributed by atoms with Gasteiger partial charge < -0.3 is 21.1 Å². The molecule has 7 nitrogen and oxygen atoms in total. The summed E-state index contributed by atoms with van der Waals surface area (Å²) in [6.07, 6.45) is 0. The van der Waals surface area contributed by atoms with Gasteiger partial charge in [-0.1, -0.05) is 24.3 Å². The molecule has 0 bridgehead atoms. The molecular formula is C22H20N6O. The molecule has 0 aliphatic rings. The van der Waals surface area contributed by atoms with Gasteiger partial charge in [-0.05, 0) is 48.5 Å². The zero-order valence-corrected chi connectivity index (χ0v) is 15.8. The first-order chi connectivity index (χ1) is 14.2. The van der Waals surface area contributed by atoms with Gasteiger partial charge in [0.1, 0.15) is 34.6 Å². The monoisotopic (exact) mass is 384 g/mol. The molecule has 29 heavy (non-hydrogen) atoms. The van der Waals surface area contributed by atoms with Crippen molar-refractivity contribution in [3.05, 3.63) is 78.9 Å². The van der Waals surface area contributed by atoms with Crippen LogP contribution in [0.4, 0.5) is 23.1 Å². The van der Waals surface area contributed by atoms with Crippen LogP contribution in [-0.2, 0) is 0 Å². The van der Waals surface area contributed by atoms with Crippen LogP contribution in [0.25, 0.3) is 11.5 Å². The third-order valence-corrected chi connectivity index (χ3v) is 4.09. The van der Waals surface area contributed by atoms with Crippen LogP contribution in [-0.4, -0.2) is 22.0 Å². The van der Waals surface area contributed by atoms with E-state index in [4.69, 9.17) is 10.5 Å². The maximum Gasteiger partial charge on any atom is 0.182 e. The molecule has 0 aliphatic heterocycles. The fourth-order valence-corrected chi connectivity index (χ4v) is 2.72. The number of pyridine rings is 1. The van der Waals surface area contributed by atoms with Crippen molar-refractivity contribution in [1.29, 1.82) is 0 Å². The Balaban J connectivity index is 1.52. The van der Waals surface area contributed by atoms with Crippen LogP contribution in [0.2, 0.25) is 0 Å². The topological polar surface area (TPSA) is 98.0 Å². The minimum Gasteiger partial charge on any atom is -0.457 e. The number of hydrogen-bond donors (Lipinski definition) is 3. The van der Waals surface area contributed by atoms with Crippen molar-refractivity contribution in [3.8, 4) is 23.0 Å². The predicted molar refractivity (Wildman–Crippen MR) is 115 cm³/mol. The van der Waals surface area contributed by atoms with E-state index in [0.717, 1.165) is 23.0 Å². The maximum atomic E-state index is 5.98. The number of rotatable bonds is 6. The summed E-state index contributed by atoms with van der Waals surface area (Å²) in [6.45, 7) is 0. The number of hydrogen-bond acceptors (Lipinski definition) is 7. The lowest BCUT2D eigenvalue weighted by atomic mass is 10.3. The van der Waals surface area contributed by atoms with Crippen LogP contribution in [0, 0.1) is 0 Å². The number of aromatic nitrogens is 3. The fourth-order valence-electron chi connectivity index (χ4n) is 2.72. The van der Waals surface area contributed by atoms with E-state index in [-0.39, 0.29) is 0 Å². The van der Waals surface area contributed by atoms with Gasteiger partial charge in [-0.2, -0.15) is 0 Å². The average molecular weight is 384 g/mol. The van der Waals surface area contributed by atoms with Crippen molar-refractivity contribution < 1.29 is 4.74 Å². The Kier molecular flexibility index (Phi) is 5.20. The second-order valence-corrected chi connectivity index (χ2v) is 6.22. The number of benzene rings is 2. The van der Waals surface area contributed by atoms with Crippen molar-refractivity contribution in [3.63, 3.8) is 0 Å². The number of nitrogens with zero attached hydrogens (tertiary/aromatic N) is 3. The molecule has 4 rings (SSSR count). The predicted octanol–water partition coefficient (Wildman–Crippen LogP) is 4.70. The van der Waals surface area contributed by atoms with Crippen molar-refractivity contribution >= 4 is 23.1 Å². The molecule has 0 spiro atoms. The van der Waals surface area contributed by atoms with Crippen LogP contribution in [0.1, 0.15) is 0 Å². The maximum absolute atomic E-state index is 5.98. The Morgan fingerprint density at radius 3 is 2.28 bits per heavy atom. The quantitative estimate of drug-likeness (QED) is 0.443. The van der Waals surface area contributed by atoms with E-state index in [1.54, 1.807) is 6.07 Å². The number of anilines is 4. The third kappa shape index (κ3) is 4.59. The smallest absolute Gasteiger partial charge is 0.182 e. The van der Waals surface area contributed by atoms with Gasteiger partial charge in [0.05, 0.1) is 0 Å². The minimum absolute atomic E-state index is 0.359. The van der Waals surface area contributed by atoms with Crippen LogP contribution >= 0.6 is 0 Å². The van der Waals surface area contributed by atoms with Gasteiger partial charge >= 0.3 is 0 Å². The molecule has 144 valence electrons. The van der Waals surface area contributed by atoms with Crippen LogP contribution in [0.5, 0.6) is 11.5 Å². The van der Waals surface area contributed by atoms with Gasteiger partial charge in [-0.25, -0.2) is 15.0 Å². The summed E-state index contributed by atoms with van der Waals surface area (Å²) in [5.74, 6) is 3.67. The summed E-state index contributed by atoms with van der Waals surface area (Å²) >= 11 is 0. The second-order valence-electron chi connectivity index (χ2n) is 6.22. The Bertz CT molecular complexity index is 1100. The van der Waals surface area contributed by atoms with Gasteiger partial charge in [0.25, 0.3) is 0 Å². The van der Waals surface area contributed by atoms with Crippen LogP contribution in [0.3, 0.4) is 0 Å². The van der Waals surface area contributed by atoms with Gasteiger partial charge in [0.15, 0.2) is 5.82 Å². The minimum atomic E-state index is 0.359. The second kappa shape index (κ2) is 8.26. The van der Waals surface area contributed by atoms with Gasteiger partial charge in [0, 0.05) is 18.8 Å². The first-order valence-electron chi connectivity index (χ1n) is 9.09. The number of ether oxygens (including phenoxy) is 1. The Labute approximate surface area is 168 Å². The van der Waals surface area contributed by atoms with Gasteiger partial charge in [-0.15, -0.1) is 0 Å². The lowest BCUT2D eigenvalue weighted by Crippen LogP contribution is -2.02.